The van der Waals surface area contributed by atoms with Crippen LogP contribution in [0.3, 0.4) is 0 Å². The number of amidine groups is 1. The zero-order valence-corrected chi connectivity index (χ0v) is 18.9. The summed E-state index contributed by atoms with van der Waals surface area (Å²) in [5.74, 6) is 1.85. The molecule has 160 valence electrons. The highest BCUT2D eigenvalue weighted by molar-refractivity contribution is 6.01. The second kappa shape index (κ2) is 8.56. The molecule has 0 spiro atoms. The topological polar surface area (TPSA) is 50.9 Å². The highest BCUT2D eigenvalue weighted by atomic mass is 16.5. The van der Waals surface area contributed by atoms with Crippen LogP contribution in [0.4, 0.5) is 5.69 Å². The Balaban J connectivity index is 1.73. The van der Waals surface area contributed by atoms with Gasteiger partial charge >= 0.3 is 0 Å². The third kappa shape index (κ3) is 4.64. The maximum atomic E-state index is 5.86. The first kappa shape index (κ1) is 21.1. The molecule has 1 aliphatic heterocycles. The molecule has 0 aromatic heterocycles. The van der Waals surface area contributed by atoms with E-state index >= 15 is 0 Å². The van der Waals surface area contributed by atoms with Gasteiger partial charge in [-0.15, -0.1) is 0 Å². The molecule has 3 aromatic rings. The summed E-state index contributed by atoms with van der Waals surface area (Å²) in [6.07, 6.45) is 0. The average Bonchev–Trinajstić information content (AvgIpc) is 2.78. The smallest absolute Gasteiger partial charge is 0.137 e. The first-order valence-corrected chi connectivity index (χ1v) is 10.8. The lowest BCUT2D eigenvalue weighted by Gasteiger charge is -2.31. The van der Waals surface area contributed by atoms with Crippen LogP contribution in [0.2, 0.25) is 0 Å². The minimum atomic E-state index is 0.123. The van der Waals surface area contributed by atoms with Gasteiger partial charge in [0.1, 0.15) is 11.6 Å². The van der Waals surface area contributed by atoms with Crippen molar-refractivity contribution in [3.63, 3.8) is 0 Å². The number of hydrogen-bond donors (Lipinski definition) is 1. The van der Waals surface area contributed by atoms with Crippen molar-refractivity contribution in [1.82, 2.24) is 4.90 Å². The van der Waals surface area contributed by atoms with E-state index in [-0.39, 0.29) is 5.41 Å². The Hall–Kier alpha value is -3.11. The average molecular weight is 414 g/mol. The minimum Gasteiger partial charge on any atom is -0.497 e. The summed E-state index contributed by atoms with van der Waals surface area (Å²) < 4.78 is 5.44. The third-order valence-corrected chi connectivity index (χ3v) is 5.78. The predicted octanol–water partition coefficient (Wildman–Crippen LogP) is 5.55. The SMILES string of the molecule is COc1ccc2c(c1)CN(Cc1cccc(CN)c1)C(c1ccc(C(C)(C)C)cc1)=N2. The van der Waals surface area contributed by atoms with Crippen LogP contribution in [-0.4, -0.2) is 17.8 Å². The number of nitrogens with zero attached hydrogens (tertiary/aromatic N) is 2. The fraction of sp³-hybridized carbons (Fsp3) is 0.296. The summed E-state index contributed by atoms with van der Waals surface area (Å²) in [6.45, 7) is 8.80. The summed E-state index contributed by atoms with van der Waals surface area (Å²) in [5.41, 5.74) is 13.0. The molecule has 0 saturated carbocycles. The van der Waals surface area contributed by atoms with Gasteiger partial charge in [0.25, 0.3) is 0 Å². The van der Waals surface area contributed by atoms with Gasteiger partial charge in [-0.25, -0.2) is 4.99 Å². The summed E-state index contributed by atoms with van der Waals surface area (Å²) in [6, 6.07) is 23.4. The Labute approximate surface area is 185 Å². The molecule has 0 unspecified atom stereocenters. The molecule has 0 fully saturated rings. The Bertz CT molecular complexity index is 1090. The molecule has 1 aliphatic rings. The van der Waals surface area contributed by atoms with Crippen LogP contribution in [0.5, 0.6) is 5.75 Å². The zero-order valence-electron chi connectivity index (χ0n) is 18.9. The molecular weight excluding hydrogens is 382 g/mol. The first-order chi connectivity index (χ1) is 14.9. The van der Waals surface area contributed by atoms with E-state index in [2.05, 4.69) is 80.3 Å². The van der Waals surface area contributed by atoms with Crippen LogP contribution in [0.1, 0.15) is 48.6 Å². The van der Waals surface area contributed by atoms with E-state index in [0.29, 0.717) is 6.54 Å². The van der Waals surface area contributed by atoms with Crippen LogP contribution in [-0.2, 0) is 25.0 Å². The summed E-state index contributed by atoms with van der Waals surface area (Å²) in [7, 11) is 1.70. The lowest BCUT2D eigenvalue weighted by Crippen LogP contribution is -2.33. The molecule has 0 atom stereocenters. The normalized spacial score (nSPS) is 13.6. The number of ether oxygens (including phenoxy) is 1. The number of benzene rings is 3. The van der Waals surface area contributed by atoms with E-state index in [9.17, 15) is 0 Å². The van der Waals surface area contributed by atoms with Crippen molar-refractivity contribution >= 4 is 11.5 Å². The lowest BCUT2D eigenvalue weighted by molar-refractivity contribution is 0.394. The fourth-order valence-electron chi connectivity index (χ4n) is 3.96. The van der Waals surface area contributed by atoms with Gasteiger partial charge in [0, 0.05) is 30.8 Å². The predicted molar refractivity (Wildman–Crippen MR) is 128 cm³/mol. The lowest BCUT2D eigenvalue weighted by atomic mass is 9.86. The second-order valence-corrected chi connectivity index (χ2v) is 9.14. The Morgan fingerprint density at radius 2 is 1.71 bits per heavy atom. The molecular formula is C27H31N3O. The van der Waals surface area contributed by atoms with Gasteiger partial charge in [-0.2, -0.15) is 0 Å². The molecule has 0 amide bonds. The Kier molecular flexibility index (Phi) is 5.84. The Morgan fingerprint density at radius 1 is 0.968 bits per heavy atom. The largest absolute Gasteiger partial charge is 0.497 e. The summed E-state index contributed by atoms with van der Waals surface area (Å²) in [4.78, 5) is 7.40. The highest BCUT2D eigenvalue weighted by Crippen LogP contribution is 2.32. The second-order valence-electron chi connectivity index (χ2n) is 9.14. The van der Waals surface area contributed by atoms with Crippen molar-refractivity contribution < 1.29 is 4.74 Å². The monoisotopic (exact) mass is 413 g/mol. The number of rotatable bonds is 5. The molecule has 3 aromatic carbocycles. The minimum absolute atomic E-state index is 0.123. The van der Waals surface area contributed by atoms with Crippen molar-refractivity contribution in [3.05, 3.63) is 94.5 Å². The first-order valence-electron chi connectivity index (χ1n) is 10.8. The summed E-state index contributed by atoms with van der Waals surface area (Å²) in [5, 5.41) is 0. The molecule has 1 heterocycles. The molecule has 31 heavy (non-hydrogen) atoms. The van der Waals surface area contributed by atoms with E-state index in [1.165, 1.54) is 16.7 Å². The molecule has 4 rings (SSSR count). The van der Waals surface area contributed by atoms with E-state index < -0.39 is 0 Å². The Morgan fingerprint density at radius 3 is 2.39 bits per heavy atom. The zero-order chi connectivity index (χ0) is 22.0. The van der Waals surface area contributed by atoms with Gasteiger partial charge in [0.2, 0.25) is 0 Å². The van der Waals surface area contributed by atoms with Gasteiger partial charge < -0.3 is 15.4 Å². The maximum absolute atomic E-state index is 5.86. The maximum Gasteiger partial charge on any atom is 0.137 e. The number of nitrogens with two attached hydrogens (primary N) is 1. The molecule has 0 bridgehead atoms. The number of aliphatic imine (C=N–C) groups is 1. The van der Waals surface area contributed by atoms with Gasteiger partial charge in [0.15, 0.2) is 0 Å². The van der Waals surface area contributed by atoms with Crippen molar-refractivity contribution in [2.75, 3.05) is 7.11 Å². The number of methoxy groups -OCH3 is 1. The van der Waals surface area contributed by atoms with Crippen LogP contribution < -0.4 is 10.5 Å². The molecule has 4 nitrogen and oxygen atoms in total. The molecule has 0 saturated heterocycles. The molecule has 4 heteroatoms. The standard InChI is InChI=1S/C27H31N3O/c1-27(2,3)23-10-8-21(9-11-23)26-29-25-13-12-24(31-4)15-22(25)18-30(26)17-20-7-5-6-19(14-20)16-28/h5-15H,16-18,28H2,1-4H3. The molecule has 0 radical (unpaired) electrons. The van der Waals surface area contributed by atoms with E-state index in [4.69, 9.17) is 15.5 Å². The van der Waals surface area contributed by atoms with Gasteiger partial charge in [-0.3, -0.25) is 0 Å². The van der Waals surface area contributed by atoms with Crippen LogP contribution in [0.15, 0.2) is 71.7 Å². The van der Waals surface area contributed by atoms with Crippen molar-refractivity contribution in [2.24, 2.45) is 10.7 Å². The summed E-state index contributed by atoms with van der Waals surface area (Å²) >= 11 is 0. The van der Waals surface area contributed by atoms with Crippen molar-refractivity contribution in [1.29, 1.82) is 0 Å². The van der Waals surface area contributed by atoms with Crippen molar-refractivity contribution in [3.8, 4) is 5.75 Å². The van der Waals surface area contributed by atoms with Gasteiger partial charge in [0.05, 0.1) is 12.8 Å². The van der Waals surface area contributed by atoms with Crippen LogP contribution in [0.25, 0.3) is 0 Å². The fourth-order valence-corrected chi connectivity index (χ4v) is 3.96. The number of hydrogen-bond acceptors (Lipinski definition) is 4. The van der Waals surface area contributed by atoms with E-state index in [0.717, 1.165) is 41.5 Å². The third-order valence-electron chi connectivity index (χ3n) is 5.78. The van der Waals surface area contributed by atoms with Gasteiger partial charge in [-0.05, 0) is 40.3 Å². The van der Waals surface area contributed by atoms with Gasteiger partial charge in [-0.1, -0.05) is 69.3 Å². The number of fused-ring (bicyclic) bond motifs is 1. The van der Waals surface area contributed by atoms with E-state index in [1.54, 1.807) is 7.11 Å². The van der Waals surface area contributed by atoms with Crippen LogP contribution in [0, 0.1) is 0 Å². The quantitative estimate of drug-likeness (QED) is 0.597. The van der Waals surface area contributed by atoms with Crippen molar-refractivity contribution in [2.45, 2.75) is 45.8 Å². The van der Waals surface area contributed by atoms with E-state index in [1.807, 2.05) is 12.1 Å². The highest BCUT2D eigenvalue weighted by Gasteiger charge is 2.23. The molecule has 2 N–H and O–H groups in total. The van der Waals surface area contributed by atoms with Crippen LogP contribution >= 0.6 is 0 Å². The molecule has 0 aliphatic carbocycles.